The first-order chi connectivity index (χ1) is 4.29. The van der Waals surface area contributed by atoms with E-state index in [0.29, 0.717) is 5.92 Å². The Morgan fingerprint density at radius 1 is 1.44 bits per heavy atom. The lowest BCUT2D eigenvalue weighted by Crippen LogP contribution is -1.77. The average Bonchev–Trinajstić information content (AvgIpc) is 1.97. The highest BCUT2D eigenvalue weighted by atomic mass is 79.9. The lowest BCUT2D eigenvalue weighted by Gasteiger charge is -1.91. The number of hydrogen-bond donors (Lipinski definition) is 0. The Kier molecular flexibility index (Phi) is 2.29. The van der Waals surface area contributed by atoms with Gasteiger partial charge in [0.15, 0.2) is 0 Å². The summed E-state index contributed by atoms with van der Waals surface area (Å²) in [6.45, 7) is 2.16. The van der Waals surface area contributed by atoms with Crippen molar-refractivity contribution in [2.45, 2.75) is 6.92 Å². The van der Waals surface area contributed by atoms with Crippen LogP contribution in [0.2, 0.25) is 0 Å². The second-order valence-electron chi connectivity index (χ2n) is 2.15. The zero-order valence-electron chi connectivity index (χ0n) is 5.34. The van der Waals surface area contributed by atoms with Crippen LogP contribution in [0.25, 0.3) is 0 Å². The Hall–Kier alpha value is -0.300. The maximum Gasteiger partial charge on any atom is 0.0172 e. The van der Waals surface area contributed by atoms with Gasteiger partial charge in [0.25, 0.3) is 0 Å². The van der Waals surface area contributed by atoms with E-state index in [1.165, 1.54) is 0 Å². The van der Waals surface area contributed by atoms with Gasteiger partial charge in [-0.2, -0.15) is 0 Å². The van der Waals surface area contributed by atoms with E-state index in [4.69, 9.17) is 0 Å². The molecule has 1 rings (SSSR count). The predicted molar refractivity (Wildman–Crippen MR) is 44.5 cm³/mol. The second-order valence-corrected chi connectivity index (χ2v) is 3.07. The van der Waals surface area contributed by atoms with Crippen molar-refractivity contribution in [3.8, 4) is 0 Å². The van der Waals surface area contributed by atoms with Crippen molar-refractivity contribution in [1.29, 1.82) is 0 Å². The molecule has 0 heterocycles. The first-order valence-electron chi connectivity index (χ1n) is 3.01. The first kappa shape index (κ1) is 6.81. The minimum atomic E-state index is 0.566. The van der Waals surface area contributed by atoms with Gasteiger partial charge in [0.1, 0.15) is 0 Å². The molecule has 0 nitrogen and oxygen atoms in total. The maximum atomic E-state index is 3.39. The fourth-order valence-corrected chi connectivity index (χ4v) is 0.991. The van der Waals surface area contributed by atoms with E-state index in [0.717, 1.165) is 4.48 Å². The molecule has 1 aliphatic rings. The Bertz CT molecular complexity index is 175. The van der Waals surface area contributed by atoms with Crippen LogP contribution in [-0.4, -0.2) is 0 Å². The van der Waals surface area contributed by atoms with E-state index in [1.807, 2.05) is 6.08 Å². The number of rotatable bonds is 0. The van der Waals surface area contributed by atoms with Crippen molar-refractivity contribution < 1.29 is 0 Å². The SMILES string of the molecule is CC1C=CC=C(Br)C=C1. The summed E-state index contributed by atoms with van der Waals surface area (Å²) in [5.41, 5.74) is 0. The van der Waals surface area contributed by atoms with Crippen LogP contribution in [0.1, 0.15) is 6.92 Å². The molecule has 0 saturated carbocycles. The first-order valence-corrected chi connectivity index (χ1v) is 3.80. The molecule has 0 amide bonds. The van der Waals surface area contributed by atoms with E-state index in [1.54, 1.807) is 0 Å². The molecular formula is C8H9Br. The van der Waals surface area contributed by atoms with Crippen molar-refractivity contribution in [3.63, 3.8) is 0 Å². The Labute approximate surface area is 64.1 Å². The van der Waals surface area contributed by atoms with Gasteiger partial charge in [-0.25, -0.2) is 0 Å². The minimum absolute atomic E-state index is 0.566. The van der Waals surface area contributed by atoms with Crippen LogP contribution in [-0.2, 0) is 0 Å². The lowest BCUT2D eigenvalue weighted by molar-refractivity contribution is 0.942. The van der Waals surface area contributed by atoms with Crippen LogP contribution in [0.5, 0.6) is 0 Å². The van der Waals surface area contributed by atoms with Crippen LogP contribution in [0.15, 0.2) is 34.9 Å². The molecular weight excluding hydrogens is 176 g/mol. The second kappa shape index (κ2) is 3.02. The quantitative estimate of drug-likeness (QED) is 0.544. The largest absolute Gasteiger partial charge is 0.0779 e. The third-order valence-corrected chi connectivity index (χ3v) is 1.76. The molecule has 0 aliphatic heterocycles. The number of halogens is 1. The molecule has 0 bridgehead atoms. The number of allylic oxidation sites excluding steroid dienone is 6. The summed E-state index contributed by atoms with van der Waals surface area (Å²) in [7, 11) is 0. The van der Waals surface area contributed by atoms with Crippen LogP contribution in [0.4, 0.5) is 0 Å². The monoisotopic (exact) mass is 184 g/mol. The Morgan fingerprint density at radius 2 is 2.22 bits per heavy atom. The van der Waals surface area contributed by atoms with Gasteiger partial charge in [-0.3, -0.25) is 0 Å². The van der Waals surface area contributed by atoms with Gasteiger partial charge in [0.05, 0.1) is 0 Å². The smallest absolute Gasteiger partial charge is 0.0172 e. The summed E-state index contributed by atoms with van der Waals surface area (Å²) in [6, 6.07) is 0. The fraction of sp³-hybridized carbons (Fsp3) is 0.250. The molecule has 0 radical (unpaired) electrons. The summed E-state index contributed by atoms with van der Waals surface area (Å²) >= 11 is 3.39. The molecule has 0 aromatic rings. The van der Waals surface area contributed by atoms with E-state index < -0.39 is 0 Å². The summed E-state index contributed by atoms with van der Waals surface area (Å²) in [6.07, 6.45) is 10.5. The van der Waals surface area contributed by atoms with Crippen LogP contribution >= 0.6 is 15.9 Å². The molecule has 0 aromatic heterocycles. The molecule has 48 valence electrons. The molecule has 0 N–H and O–H groups in total. The zero-order valence-corrected chi connectivity index (χ0v) is 6.93. The van der Waals surface area contributed by atoms with E-state index in [9.17, 15) is 0 Å². The lowest BCUT2D eigenvalue weighted by atomic mass is 10.2. The molecule has 1 atom stereocenters. The minimum Gasteiger partial charge on any atom is -0.0779 e. The topological polar surface area (TPSA) is 0 Å². The fourth-order valence-electron chi connectivity index (χ4n) is 0.686. The average molecular weight is 185 g/mol. The van der Waals surface area contributed by atoms with E-state index in [2.05, 4.69) is 47.2 Å². The third kappa shape index (κ3) is 2.19. The zero-order chi connectivity index (χ0) is 6.69. The standard InChI is InChI=1S/C8H9Br/c1-7-3-2-4-8(9)6-5-7/h2-7H,1H3. The normalized spacial score (nSPS) is 25.6. The molecule has 0 saturated heterocycles. The molecule has 1 heteroatoms. The predicted octanol–water partition coefficient (Wildman–Crippen LogP) is 3.03. The van der Waals surface area contributed by atoms with Crippen molar-refractivity contribution in [3.05, 3.63) is 34.9 Å². The van der Waals surface area contributed by atoms with Gasteiger partial charge >= 0.3 is 0 Å². The molecule has 0 aromatic carbocycles. The van der Waals surface area contributed by atoms with Crippen LogP contribution in [0.3, 0.4) is 0 Å². The van der Waals surface area contributed by atoms with Crippen LogP contribution < -0.4 is 0 Å². The summed E-state index contributed by atoms with van der Waals surface area (Å²) in [4.78, 5) is 0. The van der Waals surface area contributed by atoms with E-state index in [-0.39, 0.29) is 0 Å². The molecule has 1 aliphatic carbocycles. The molecule has 0 spiro atoms. The maximum absolute atomic E-state index is 3.39. The highest BCUT2D eigenvalue weighted by Crippen LogP contribution is 2.13. The highest BCUT2D eigenvalue weighted by molar-refractivity contribution is 9.11. The van der Waals surface area contributed by atoms with Crippen molar-refractivity contribution in [1.82, 2.24) is 0 Å². The number of hydrogen-bond acceptors (Lipinski definition) is 0. The van der Waals surface area contributed by atoms with Gasteiger partial charge in [-0.15, -0.1) is 0 Å². The van der Waals surface area contributed by atoms with Gasteiger partial charge in [-0.05, 0) is 12.0 Å². The van der Waals surface area contributed by atoms with Gasteiger partial charge in [0, 0.05) is 4.48 Å². The molecule has 0 fully saturated rings. The Morgan fingerprint density at radius 3 is 3.00 bits per heavy atom. The third-order valence-electron chi connectivity index (χ3n) is 1.23. The summed E-state index contributed by atoms with van der Waals surface area (Å²) in [5.74, 6) is 0.566. The van der Waals surface area contributed by atoms with Crippen molar-refractivity contribution in [2.24, 2.45) is 5.92 Å². The highest BCUT2D eigenvalue weighted by Gasteiger charge is 1.92. The van der Waals surface area contributed by atoms with Crippen molar-refractivity contribution >= 4 is 15.9 Å². The Balaban J connectivity index is 2.75. The van der Waals surface area contributed by atoms with Crippen LogP contribution in [0, 0.1) is 5.92 Å². The van der Waals surface area contributed by atoms with Gasteiger partial charge in [0.2, 0.25) is 0 Å². The summed E-state index contributed by atoms with van der Waals surface area (Å²) < 4.78 is 1.14. The molecule has 9 heavy (non-hydrogen) atoms. The van der Waals surface area contributed by atoms with E-state index >= 15 is 0 Å². The van der Waals surface area contributed by atoms with Crippen molar-refractivity contribution in [2.75, 3.05) is 0 Å². The molecule has 1 unspecified atom stereocenters. The summed E-state index contributed by atoms with van der Waals surface area (Å²) in [5, 5.41) is 0. The van der Waals surface area contributed by atoms with Gasteiger partial charge in [-0.1, -0.05) is 47.2 Å². The van der Waals surface area contributed by atoms with Gasteiger partial charge < -0.3 is 0 Å².